The smallest absolute Gasteiger partial charge is 0.338 e. The fraction of sp³-hybridized carbons (Fsp3) is 0.269. The van der Waals surface area contributed by atoms with Crippen LogP contribution in [0, 0.1) is 0 Å². The van der Waals surface area contributed by atoms with E-state index >= 15 is 0 Å². The molecule has 0 unspecified atom stereocenters. The van der Waals surface area contributed by atoms with Gasteiger partial charge in [0.2, 0.25) is 0 Å². The lowest BCUT2D eigenvalue weighted by Gasteiger charge is -2.41. The van der Waals surface area contributed by atoms with Gasteiger partial charge in [-0.15, -0.1) is 0 Å². The molecule has 1 aliphatic rings. The van der Waals surface area contributed by atoms with Gasteiger partial charge in [0, 0.05) is 25.0 Å². The number of aliphatic hydroxyl groups excluding tert-OH is 1. The summed E-state index contributed by atoms with van der Waals surface area (Å²) in [6.07, 6.45) is -1.24. The van der Waals surface area contributed by atoms with Gasteiger partial charge in [-0.2, -0.15) is 0 Å². The van der Waals surface area contributed by atoms with Crippen molar-refractivity contribution in [1.82, 2.24) is 0 Å². The molecule has 0 spiro atoms. The van der Waals surface area contributed by atoms with Crippen molar-refractivity contribution in [3.05, 3.63) is 59.7 Å². The predicted molar refractivity (Wildman–Crippen MR) is 130 cm³/mol. The summed E-state index contributed by atoms with van der Waals surface area (Å²) in [5.74, 6) is -4.57. The maximum atomic E-state index is 12.5. The number of aromatic hydroxyl groups is 4. The minimum Gasteiger partial charge on any atom is -0.504 e. The number of ether oxygens (including phenoxy) is 3. The molecular formula is C26H26O12. The SMILES string of the molecule is COC(=O)[C@@]1(O)C[C@@H](O)[C@H](OC(=O)/C=C/c2ccc(O)c(O)c2)[C@@H](OC(=O)/C=C/c2ccc(O)c(O)c2)C1. The normalized spacial score (nSPS) is 23.3. The first-order chi connectivity index (χ1) is 17.9. The van der Waals surface area contributed by atoms with Gasteiger partial charge in [-0.3, -0.25) is 0 Å². The summed E-state index contributed by atoms with van der Waals surface area (Å²) < 4.78 is 15.2. The third-order valence-electron chi connectivity index (χ3n) is 5.74. The minimum absolute atomic E-state index is 0.334. The predicted octanol–water partition coefficient (Wildman–Crippen LogP) is 1.12. The van der Waals surface area contributed by atoms with Crippen molar-refractivity contribution in [1.29, 1.82) is 0 Å². The summed E-state index contributed by atoms with van der Waals surface area (Å²) in [5.41, 5.74) is -1.55. The molecule has 12 nitrogen and oxygen atoms in total. The molecule has 12 heteroatoms. The third-order valence-corrected chi connectivity index (χ3v) is 5.74. The van der Waals surface area contributed by atoms with Crippen LogP contribution in [0.1, 0.15) is 24.0 Å². The molecule has 0 bridgehead atoms. The Bertz CT molecular complexity index is 1270. The maximum Gasteiger partial charge on any atom is 0.338 e. The largest absolute Gasteiger partial charge is 0.504 e. The highest BCUT2D eigenvalue weighted by molar-refractivity contribution is 5.88. The van der Waals surface area contributed by atoms with E-state index in [1.165, 1.54) is 48.6 Å². The maximum absolute atomic E-state index is 12.5. The van der Waals surface area contributed by atoms with Gasteiger partial charge < -0.3 is 44.8 Å². The average Bonchev–Trinajstić information content (AvgIpc) is 2.87. The van der Waals surface area contributed by atoms with E-state index in [1.807, 2.05) is 0 Å². The Labute approximate surface area is 216 Å². The Kier molecular flexibility index (Phi) is 8.61. The summed E-state index contributed by atoms with van der Waals surface area (Å²) in [6.45, 7) is 0. The number of hydrogen-bond donors (Lipinski definition) is 6. The van der Waals surface area contributed by atoms with E-state index in [2.05, 4.69) is 4.74 Å². The number of esters is 3. The number of carbonyl (C=O) groups excluding carboxylic acids is 3. The Morgan fingerprint density at radius 3 is 1.79 bits per heavy atom. The van der Waals surface area contributed by atoms with E-state index in [-0.39, 0.29) is 11.5 Å². The number of aliphatic hydroxyl groups is 2. The molecule has 38 heavy (non-hydrogen) atoms. The number of methoxy groups -OCH3 is 1. The van der Waals surface area contributed by atoms with Crippen LogP contribution in [0.4, 0.5) is 0 Å². The second-order valence-corrected chi connectivity index (χ2v) is 8.54. The summed E-state index contributed by atoms with van der Waals surface area (Å²) >= 11 is 0. The second kappa shape index (κ2) is 11.7. The zero-order chi connectivity index (χ0) is 28.0. The highest BCUT2D eigenvalue weighted by atomic mass is 16.6. The Morgan fingerprint density at radius 1 is 0.816 bits per heavy atom. The van der Waals surface area contributed by atoms with E-state index < -0.39 is 66.2 Å². The molecule has 1 aliphatic carbocycles. The van der Waals surface area contributed by atoms with Gasteiger partial charge in [-0.05, 0) is 47.5 Å². The van der Waals surface area contributed by atoms with Gasteiger partial charge in [0.25, 0.3) is 0 Å². The molecule has 0 aliphatic heterocycles. The zero-order valence-corrected chi connectivity index (χ0v) is 20.1. The summed E-state index contributed by atoms with van der Waals surface area (Å²) in [4.78, 5) is 37.1. The topological polar surface area (TPSA) is 200 Å². The van der Waals surface area contributed by atoms with Crippen LogP contribution in [0.25, 0.3) is 12.2 Å². The number of phenols is 4. The van der Waals surface area contributed by atoms with Gasteiger partial charge in [0.05, 0.1) is 13.2 Å². The van der Waals surface area contributed by atoms with Crippen LogP contribution in [0.3, 0.4) is 0 Å². The first-order valence-corrected chi connectivity index (χ1v) is 11.2. The lowest BCUT2D eigenvalue weighted by molar-refractivity contribution is -0.206. The molecular weight excluding hydrogens is 504 g/mol. The molecule has 0 radical (unpaired) electrons. The van der Waals surface area contributed by atoms with Crippen LogP contribution in [-0.4, -0.2) is 79.6 Å². The lowest BCUT2D eigenvalue weighted by Crippen LogP contribution is -2.58. The number of benzene rings is 2. The van der Waals surface area contributed by atoms with Crippen LogP contribution in [0.5, 0.6) is 23.0 Å². The van der Waals surface area contributed by atoms with Crippen molar-refractivity contribution in [2.75, 3.05) is 7.11 Å². The molecule has 2 aromatic rings. The van der Waals surface area contributed by atoms with Gasteiger partial charge in [0.15, 0.2) is 34.7 Å². The molecule has 6 N–H and O–H groups in total. The van der Waals surface area contributed by atoms with E-state index in [0.29, 0.717) is 11.1 Å². The van der Waals surface area contributed by atoms with Crippen LogP contribution in [0.15, 0.2) is 48.6 Å². The highest BCUT2D eigenvalue weighted by Crippen LogP contribution is 2.34. The van der Waals surface area contributed by atoms with Crippen molar-refractivity contribution >= 4 is 30.1 Å². The molecule has 2 aromatic carbocycles. The number of hydrogen-bond acceptors (Lipinski definition) is 12. The number of phenolic OH excluding ortho intramolecular Hbond substituents is 4. The summed E-state index contributed by atoms with van der Waals surface area (Å²) in [6, 6.07) is 7.61. The van der Waals surface area contributed by atoms with E-state index in [9.17, 15) is 45.0 Å². The average molecular weight is 530 g/mol. The fourth-order valence-corrected chi connectivity index (χ4v) is 3.84. The highest BCUT2D eigenvalue weighted by Gasteiger charge is 2.52. The van der Waals surface area contributed by atoms with Gasteiger partial charge in [-0.25, -0.2) is 14.4 Å². The van der Waals surface area contributed by atoms with E-state index in [0.717, 1.165) is 19.3 Å². The van der Waals surface area contributed by atoms with Crippen LogP contribution in [-0.2, 0) is 28.6 Å². The molecule has 4 atom stereocenters. The van der Waals surface area contributed by atoms with Gasteiger partial charge in [0.1, 0.15) is 6.10 Å². The third kappa shape index (κ3) is 6.81. The Balaban J connectivity index is 1.77. The van der Waals surface area contributed by atoms with Crippen LogP contribution in [0.2, 0.25) is 0 Å². The quantitative estimate of drug-likeness (QED) is 0.129. The van der Waals surface area contributed by atoms with E-state index in [1.54, 1.807) is 0 Å². The number of carbonyl (C=O) groups is 3. The lowest BCUT2D eigenvalue weighted by atomic mass is 9.79. The molecule has 0 amide bonds. The minimum atomic E-state index is -2.23. The van der Waals surface area contributed by atoms with Crippen molar-refractivity contribution in [2.45, 2.75) is 36.8 Å². The van der Waals surface area contributed by atoms with Gasteiger partial charge in [-0.1, -0.05) is 12.1 Å². The van der Waals surface area contributed by atoms with Crippen molar-refractivity contribution in [2.24, 2.45) is 0 Å². The summed E-state index contributed by atoms with van der Waals surface area (Å²) in [7, 11) is 1.03. The Morgan fingerprint density at radius 2 is 1.32 bits per heavy atom. The summed E-state index contributed by atoms with van der Waals surface area (Å²) in [5, 5.41) is 59.2. The monoisotopic (exact) mass is 530 g/mol. The molecule has 0 aromatic heterocycles. The standard InChI is InChI=1S/C26H26O12/c1-36-25(34)26(35)12-20(31)24(38-23(33)9-5-15-3-7-17(28)19(30)11-15)21(13-26)37-22(32)8-4-14-2-6-16(27)18(29)10-14/h2-11,20-21,24,27-31,35H,12-13H2,1H3/b8-4+,9-5+/t20-,21+,24+,26-/m1/s1. The van der Waals surface area contributed by atoms with Crippen molar-refractivity contribution < 1.29 is 59.2 Å². The first-order valence-electron chi connectivity index (χ1n) is 11.2. The van der Waals surface area contributed by atoms with Crippen LogP contribution >= 0.6 is 0 Å². The molecule has 0 saturated heterocycles. The molecule has 1 saturated carbocycles. The first kappa shape index (κ1) is 28.0. The molecule has 1 fully saturated rings. The van der Waals surface area contributed by atoms with Crippen LogP contribution < -0.4 is 0 Å². The molecule has 0 heterocycles. The molecule has 202 valence electrons. The fourth-order valence-electron chi connectivity index (χ4n) is 3.84. The van der Waals surface area contributed by atoms with E-state index in [4.69, 9.17) is 9.47 Å². The van der Waals surface area contributed by atoms with Crippen molar-refractivity contribution in [3.63, 3.8) is 0 Å². The zero-order valence-electron chi connectivity index (χ0n) is 20.1. The van der Waals surface area contributed by atoms with Crippen molar-refractivity contribution in [3.8, 4) is 23.0 Å². The second-order valence-electron chi connectivity index (χ2n) is 8.54. The number of rotatable bonds is 7. The molecule has 3 rings (SSSR count). The Hall–Kier alpha value is -4.55. The van der Waals surface area contributed by atoms with Gasteiger partial charge >= 0.3 is 17.9 Å².